The third-order valence-electron chi connectivity index (χ3n) is 6.17. The lowest BCUT2D eigenvalue weighted by molar-refractivity contribution is -0.123. The van der Waals surface area contributed by atoms with Gasteiger partial charge in [-0.3, -0.25) is 14.5 Å². The van der Waals surface area contributed by atoms with E-state index in [0.717, 1.165) is 28.2 Å². The minimum Gasteiger partial charge on any atom is -0.304 e. The van der Waals surface area contributed by atoms with Crippen molar-refractivity contribution in [2.45, 2.75) is 18.3 Å². The number of hydrogen-bond acceptors (Lipinski definition) is 4. The molecule has 1 spiro atoms. The molecule has 2 aliphatic rings. The summed E-state index contributed by atoms with van der Waals surface area (Å²) in [5, 5.41) is -0.282. The summed E-state index contributed by atoms with van der Waals surface area (Å²) in [6, 6.07) is 17.5. The molecule has 0 radical (unpaired) electrons. The molecule has 0 unspecified atom stereocenters. The molecule has 168 valence electrons. The Morgan fingerprint density at radius 2 is 1.73 bits per heavy atom. The zero-order valence-electron chi connectivity index (χ0n) is 17.5. The van der Waals surface area contributed by atoms with E-state index in [-0.39, 0.29) is 22.8 Å². The second-order valence-electron chi connectivity index (χ2n) is 8.07. The van der Waals surface area contributed by atoms with Crippen LogP contribution in [0.2, 0.25) is 5.02 Å². The molecule has 0 bridgehead atoms. The Balaban J connectivity index is 1.75. The summed E-state index contributed by atoms with van der Waals surface area (Å²) in [6.07, 6.45) is 0. The Labute approximate surface area is 195 Å². The lowest BCUT2D eigenvalue weighted by atomic mass is 10.0. The average Bonchev–Trinajstić information content (AvgIpc) is 3.14. The highest BCUT2D eigenvalue weighted by Gasteiger charge is 2.69. The maximum atomic E-state index is 14.0. The van der Waals surface area contributed by atoms with Gasteiger partial charge in [-0.25, -0.2) is 12.8 Å². The van der Waals surface area contributed by atoms with Crippen molar-refractivity contribution in [1.29, 1.82) is 0 Å². The van der Waals surface area contributed by atoms with E-state index in [1.165, 1.54) is 11.0 Å². The van der Waals surface area contributed by atoms with Crippen LogP contribution in [0.5, 0.6) is 0 Å². The molecule has 9 heteroatoms. The van der Waals surface area contributed by atoms with Crippen LogP contribution in [0.3, 0.4) is 0 Å². The molecule has 1 atom stereocenters. The molecule has 2 heterocycles. The van der Waals surface area contributed by atoms with Gasteiger partial charge in [0.15, 0.2) is 9.84 Å². The number of sulfone groups is 1. The van der Waals surface area contributed by atoms with Crippen molar-refractivity contribution < 1.29 is 22.4 Å². The van der Waals surface area contributed by atoms with Gasteiger partial charge in [0.05, 0.1) is 17.3 Å². The summed E-state index contributed by atoms with van der Waals surface area (Å²) in [5.41, 5.74) is 2.41. The smallest absolute Gasteiger partial charge is 0.274 e. The number of carbonyl (C=O) groups excluding carboxylic acids is 2. The molecule has 0 aromatic heterocycles. The second kappa shape index (κ2) is 7.40. The van der Waals surface area contributed by atoms with Gasteiger partial charge >= 0.3 is 0 Å². The lowest BCUT2D eigenvalue weighted by Gasteiger charge is -2.32. The van der Waals surface area contributed by atoms with E-state index in [1.807, 2.05) is 31.2 Å². The Kier molecular flexibility index (Phi) is 4.84. The molecule has 0 saturated carbocycles. The lowest BCUT2D eigenvalue weighted by Crippen LogP contribution is -2.54. The summed E-state index contributed by atoms with van der Waals surface area (Å²) in [4.78, 5) is 27.2. The number of rotatable bonds is 3. The summed E-state index contributed by atoms with van der Waals surface area (Å²) < 4.78 is 40.9. The number of amides is 2. The van der Waals surface area contributed by atoms with Gasteiger partial charge in [0.2, 0.25) is 5.91 Å². The number of nitrogens with zero attached hydrogens (tertiary/aromatic N) is 2. The molecule has 33 heavy (non-hydrogen) atoms. The SMILES string of the molecule is Cc1ccccc1CN1C(=O)[C@@]2(c3ccccc31)N(c1ccc(F)c(Cl)c1)C(=O)CS2(=O)=O. The van der Waals surface area contributed by atoms with Crippen molar-refractivity contribution in [3.63, 3.8) is 0 Å². The van der Waals surface area contributed by atoms with Crippen LogP contribution in [0.1, 0.15) is 16.7 Å². The predicted octanol–water partition coefficient (Wildman–Crippen LogP) is 3.95. The number of fused-ring (bicyclic) bond motifs is 2. The van der Waals surface area contributed by atoms with E-state index in [0.29, 0.717) is 5.69 Å². The first-order valence-corrected chi connectivity index (χ1v) is 12.2. The average molecular weight is 485 g/mol. The fourth-order valence-electron chi connectivity index (χ4n) is 4.63. The number of carbonyl (C=O) groups is 2. The van der Waals surface area contributed by atoms with Gasteiger partial charge in [-0.15, -0.1) is 0 Å². The third kappa shape index (κ3) is 2.94. The second-order valence-corrected chi connectivity index (χ2v) is 10.6. The van der Waals surface area contributed by atoms with Gasteiger partial charge in [-0.1, -0.05) is 54.1 Å². The van der Waals surface area contributed by atoms with Crippen LogP contribution in [-0.4, -0.2) is 26.0 Å². The van der Waals surface area contributed by atoms with Gasteiger partial charge in [0.1, 0.15) is 11.6 Å². The number of halogens is 2. The van der Waals surface area contributed by atoms with Crippen LogP contribution in [0.4, 0.5) is 15.8 Å². The van der Waals surface area contributed by atoms with Gasteiger partial charge in [0.25, 0.3) is 10.8 Å². The Hall–Kier alpha value is -3.23. The van der Waals surface area contributed by atoms with Crippen LogP contribution in [0, 0.1) is 12.7 Å². The topological polar surface area (TPSA) is 74.8 Å². The van der Waals surface area contributed by atoms with E-state index in [4.69, 9.17) is 11.6 Å². The third-order valence-corrected chi connectivity index (χ3v) is 8.57. The molecule has 3 aromatic carbocycles. The van der Waals surface area contributed by atoms with Crippen LogP contribution < -0.4 is 9.80 Å². The standard InChI is InChI=1S/C24H18ClFN2O4S/c1-15-6-2-3-7-16(15)13-27-21-9-5-4-8-18(21)24(23(27)30)28(22(29)14-33(24,31)32)17-10-11-20(26)19(25)12-17/h2-12H,13-14H2,1H3/t24-/m0/s1. The highest BCUT2D eigenvalue weighted by atomic mass is 35.5. The number of aryl methyl sites for hydroxylation is 1. The van der Waals surface area contributed by atoms with E-state index >= 15 is 0 Å². The van der Waals surface area contributed by atoms with Crippen molar-refractivity contribution in [3.05, 3.63) is 94.3 Å². The summed E-state index contributed by atoms with van der Waals surface area (Å²) in [6.45, 7) is 2.03. The zero-order valence-corrected chi connectivity index (χ0v) is 19.0. The molecule has 3 aromatic rings. The minimum absolute atomic E-state index is 0.0355. The van der Waals surface area contributed by atoms with E-state index in [1.54, 1.807) is 24.3 Å². The molecular formula is C24H18ClFN2O4S. The van der Waals surface area contributed by atoms with Crippen molar-refractivity contribution >= 4 is 44.6 Å². The fraction of sp³-hybridized carbons (Fsp3) is 0.167. The molecule has 6 nitrogen and oxygen atoms in total. The van der Waals surface area contributed by atoms with E-state index in [9.17, 15) is 22.4 Å². The van der Waals surface area contributed by atoms with Gasteiger partial charge in [0, 0.05) is 11.3 Å². The number of hydrogen-bond donors (Lipinski definition) is 0. The van der Waals surface area contributed by atoms with Crippen molar-refractivity contribution in [3.8, 4) is 0 Å². The van der Waals surface area contributed by atoms with E-state index in [2.05, 4.69) is 0 Å². The van der Waals surface area contributed by atoms with Crippen LogP contribution >= 0.6 is 11.6 Å². The molecule has 0 N–H and O–H groups in total. The Bertz CT molecular complexity index is 1440. The highest BCUT2D eigenvalue weighted by molar-refractivity contribution is 7.94. The molecule has 2 aliphatic heterocycles. The molecular weight excluding hydrogens is 467 g/mol. The molecule has 2 amide bonds. The van der Waals surface area contributed by atoms with Crippen molar-refractivity contribution in [1.82, 2.24) is 0 Å². The summed E-state index contributed by atoms with van der Waals surface area (Å²) >= 11 is 5.94. The molecule has 0 aliphatic carbocycles. The quantitative estimate of drug-likeness (QED) is 0.564. The van der Waals surface area contributed by atoms with Crippen LogP contribution in [-0.2, 0) is 30.8 Å². The predicted molar refractivity (Wildman–Crippen MR) is 123 cm³/mol. The van der Waals surface area contributed by atoms with Crippen LogP contribution in [0.25, 0.3) is 0 Å². The van der Waals surface area contributed by atoms with Crippen LogP contribution in [0.15, 0.2) is 66.7 Å². The van der Waals surface area contributed by atoms with E-state index < -0.39 is 38.1 Å². The normalized spacial score (nSPS) is 21.2. The van der Waals surface area contributed by atoms with Gasteiger partial charge < -0.3 is 4.90 Å². The Morgan fingerprint density at radius 3 is 2.45 bits per heavy atom. The summed E-state index contributed by atoms with van der Waals surface area (Å²) in [7, 11) is -4.31. The largest absolute Gasteiger partial charge is 0.304 e. The van der Waals surface area contributed by atoms with Gasteiger partial charge in [-0.05, 0) is 42.3 Å². The molecule has 5 rings (SSSR count). The highest BCUT2D eigenvalue weighted by Crippen LogP contribution is 2.53. The molecule has 1 saturated heterocycles. The minimum atomic E-state index is -4.31. The first-order valence-electron chi connectivity index (χ1n) is 10.1. The first-order chi connectivity index (χ1) is 15.7. The number of benzene rings is 3. The zero-order chi connectivity index (χ0) is 23.5. The maximum absolute atomic E-state index is 14.0. The van der Waals surface area contributed by atoms with Crippen molar-refractivity contribution in [2.24, 2.45) is 0 Å². The maximum Gasteiger partial charge on any atom is 0.274 e. The Morgan fingerprint density at radius 1 is 1.03 bits per heavy atom. The molecule has 1 fully saturated rings. The number of para-hydroxylation sites is 1. The monoisotopic (exact) mass is 484 g/mol. The number of anilines is 2. The summed E-state index contributed by atoms with van der Waals surface area (Å²) in [5.74, 6) is -3.10. The first kappa shape index (κ1) is 21.6. The van der Waals surface area contributed by atoms with Gasteiger partial charge in [-0.2, -0.15) is 0 Å². The van der Waals surface area contributed by atoms with Crippen molar-refractivity contribution in [2.75, 3.05) is 15.6 Å². The fourth-order valence-corrected chi connectivity index (χ4v) is 6.84.